The van der Waals surface area contributed by atoms with Crippen LogP contribution < -0.4 is 0 Å². The summed E-state index contributed by atoms with van der Waals surface area (Å²) in [6, 6.07) is 0. The third-order valence-corrected chi connectivity index (χ3v) is 1.90. The fraction of sp³-hybridized carbons (Fsp3) is 0.400. The van der Waals surface area contributed by atoms with Gasteiger partial charge < -0.3 is 0 Å². The van der Waals surface area contributed by atoms with Crippen molar-refractivity contribution in [3.05, 3.63) is 32.6 Å². The van der Waals surface area contributed by atoms with Crippen molar-refractivity contribution in [1.29, 1.82) is 0 Å². The van der Waals surface area contributed by atoms with Crippen LogP contribution in [0.5, 0.6) is 0 Å². The van der Waals surface area contributed by atoms with E-state index in [1.54, 1.807) is 0 Å². The summed E-state index contributed by atoms with van der Waals surface area (Å²) in [6.07, 6.45) is 0. The Balaban J connectivity index is 3.95. The molecule has 0 fully saturated rings. The van der Waals surface area contributed by atoms with Crippen molar-refractivity contribution in [3.63, 3.8) is 0 Å². The minimum atomic E-state index is 0.425. The second kappa shape index (κ2) is 6.28. The molecule has 0 saturated carbocycles. The van der Waals surface area contributed by atoms with E-state index in [1.165, 1.54) is 11.1 Å². The molecule has 0 rings (SSSR count). The zero-order chi connectivity index (χ0) is 8.69. The summed E-state index contributed by atoms with van der Waals surface area (Å²) in [5, 5.41) is 0. The predicted molar refractivity (Wildman–Crippen MR) is 51.6 cm³/mol. The Kier molecular flexibility index (Phi) is 6.03. The van der Waals surface area contributed by atoms with Gasteiger partial charge in [-0.2, -0.15) is 0 Å². The van der Waals surface area contributed by atoms with Crippen LogP contribution in [0.3, 0.4) is 0 Å². The molecule has 11 heavy (non-hydrogen) atoms. The van der Waals surface area contributed by atoms with Crippen LogP contribution in [0, 0.1) is 0 Å². The van der Waals surface area contributed by atoms with E-state index in [0.29, 0.717) is 15.0 Å². The van der Waals surface area contributed by atoms with Crippen molar-refractivity contribution in [2.24, 2.45) is 0 Å². The Morgan fingerprint density at radius 1 is 0.909 bits per heavy atom. The van der Waals surface area contributed by atoms with Crippen LogP contribution in [-0.2, 0) is 0 Å². The van der Waals surface area contributed by atoms with Gasteiger partial charge in [-0.05, 0) is 0 Å². The second-order valence-corrected chi connectivity index (χ2v) is 4.22. The van der Waals surface area contributed by atoms with Crippen LogP contribution in [0.2, 0.25) is 0 Å². The normalized spacial score (nSPS) is 7.64. The molecule has 0 saturated heterocycles. The van der Waals surface area contributed by atoms with E-state index in [4.69, 9.17) is 0 Å². The summed E-state index contributed by atoms with van der Waals surface area (Å²) in [6.45, 7) is 8.21. The molecule has 0 aliphatic carbocycles. The van der Waals surface area contributed by atoms with Crippen LogP contribution in [0.15, 0.2) is 32.6 Å². The molecule has 0 N–H and O–H groups in total. The molecule has 0 aromatic rings. The number of rotatable bonds is 2. The van der Waals surface area contributed by atoms with E-state index in [1.807, 2.05) is 0 Å². The van der Waals surface area contributed by atoms with Gasteiger partial charge in [0, 0.05) is 0 Å². The summed E-state index contributed by atoms with van der Waals surface area (Å²) in [7, 11) is 0. The Bertz CT molecular complexity index is 200. The number of allylic oxidation sites excluding steroid dienone is 2. The van der Waals surface area contributed by atoms with Crippen LogP contribution in [0.25, 0.3) is 0 Å². The van der Waals surface area contributed by atoms with Gasteiger partial charge in [0.25, 0.3) is 0 Å². The molecule has 0 nitrogen and oxygen atoms in total. The molecule has 0 unspecified atom stereocenters. The molecule has 0 aliphatic heterocycles. The van der Waals surface area contributed by atoms with Crippen molar-refractivity contribution < 1.29 is 0 Å². The predicted octanol–water partition coefficient (Wildman–Crippen LogP) is 2.85. The van der Waals surface area contributed by atoms with Crippen LogP contribution >= 0.6 is 0 Å². The van der Waals surface area contributed by atoms with Gasteiger partial charge in [0.2, 0.25) is 0 Å². The Labute approximate surface area is 75.5 Å². The maximum absolute atomic E-state index is 3.16. The van der Waals surface area contributed by atoms with E-state index < -0.39 is 0 Å². The first-order chi connectivity index (χ1) is 5.13. The quantitative estimate of drug-likeness (QED) is 0.488. The van der Waals surface area contributed by atoms with E-state index in [9.17, 15) is 0 Å². The Morgan fingerprint density at radius 2 is 1.27 bits per heavy atom. The molecule has 0 amide bonds. The fourth-order valence-electron chi connectivity index (χ4n) is 0.338. The number of hydrogen-bond donors (Lipinski definition) is 0. The zero-order valence-electron chi connectivity index (χ0n) is 7.56. The summed E-state index contributed by atoms with van der Waals surface area (Å²) in [4.78, 5) is 4.16. The second-order valence-electron chi connectivity index (χ2n) is 2.66. The molecule has 60 valence electrons. The van der Waals surface area contributed by atoms with E-state index in [0.717, 1.165) is 0 Å². The van der Waals surface area contributed by atoms with Crippen molar-refractivity contribution in [3.8, 4) is 0 Å². The average Bonchev–Trinajstić information content (AvgIpc) is 1.85. The molecule has 0 heterocycles. The fourth-order valence-corrected chi connectivity index (χ4v) is 1.76. The standard InChI is InChI=1S/C10H14Se/c1-9(2)5-7-11-8-6-10(3)4/h7-8H,1-4H3. The maximum atomic E-state index is 3.16. The molecule has 1 heteroatoms. The summed E-state index contributed by atoms with van der Waals surface area (Å²) >= 11 is 0.425. The summed E-state index contributed by atoms with van der Waals surface area (Å²) < 4.78 is 0. The Hall–Kier alpha value is -0.441. The van der Waals surface area contributed by atoms with Gasteiger partial charge in [-0.3, -0.25) is 0 Å². The van der Waals surface area contributed by atoms with Crippen LogP contribution in [0.4, 0.5) is 0 Å². The van der Waals surface area contributed by atoms with Gasteiger partial charge in [0.05, 0.1) is 0 Å². The van der Waals surface area contributed by atoms with Crippen molar-refractivity contribution in [2.75, 3.05) is 0 Å². The third kappa shape index (κ3) is 9.56. The monoisotopic (exact) mass is 214 g/mol. The van der Waals surface area contributed by atoms with Gasteiger partial charge in [-0.15, -0.1) is 0 Å². The van der Waals surface area contributed by atoms with Gasteiger partial charge >= 0.3 is 75.2 Å². The van der Waals surface area contributed by atoms with Gasteiger partial charge in [-0.1, -0.05) is 0 Å². The molecule has 0 radical (unpaired) electrons. The molecule has 0 bridgehead atoms. The average molecular weight is 213 g/mol. The molecule has 0 aromatic heterocycles. The van der Waals surface area contributed by atoms with Crippen LogP contribution in [0.1, 0.15) is 27.7 Å². The first-order valence-electron chi connectivity index (χ1n) is 3.55. The van der Waals surface area contributed by atoms with Crippen molar-refractivity contribution in [2.45, 2.75) is 27.7 Å². The molecule has 0 aromatic carbocycles. The Morgan fingerprint density at radius 3 is 1.55 bits per heavy atom. The molecule has 0 atom stereocenters. The SMILES string of the molecule is CC(C)=C=C[Se]C=C=C(C)C. The zero-order valence-corrected chi connectivity index (χ0v) is 9.28. The summed E-state index contributed by atoms with van der Waals surface area (Å²) in [5.74, 6) is 0. The molecular weight excluding hydrogens is 199 g/mol. The van der Waals surface area contributed by atoms with Gasteiger partial charge in [-0.25, -0.2) is 0 Å². The molecule has 0 spiro atoms. The molecular formula is C10H14Se. The van der Waals surface area contributed by atoms with Gasteiger partial charge in [0.1, 0.15) is 0 Å². The summed E-state index contributed by atoms with van der Waals surface area (Å²) in [5.41, 5.74) is 8.78. The van der Waals surface area contributed by atoms with E-state index >= 15 is 0 Å². The third-order valence-electron chi connectivity index (χ3n) is 0.831. The molecule has 0 aliphatic rings. The van der Waals surface area contributed by atoms with E-state index in [-0.39, 0.29) is 0 Å². The van der Waals surface area contributed by atoms with Gasteiger partial charge in [0.15, 0.2) is 0 Å². The van der Waals surface area contributed by atoms with Crippen molar-refractivity contribution >= 4 is 15.0 Å². The van der Waals surface area contributed by atoms with Crippen molar-refractivity contribution in [1.82, 2.24) is 0 Å². The van der Waals surface area contributed by atoms with Crippen LogP contribution in [-0.4, -0.2) is 15.0 Å². The first kappa shape index (κ1) is 10.6. The topological polar surface area (TPSA) is 0 Å². The van der Waals surface area contributed by atoms with E-state index in [2.05, 4.69) is 49.1 Å². The minimum absolute atomic E-state index is 0.425. The number of hydrogen-bond acceptors (Lipinski definition) is 0. The first-order valence-corrected chi connectivity index (χ1v) is 5.53.